The average Bonchev–Trinajstić information content (AvgIpc) is 2.54. The van der Waals surface area contributed by atoms with E-state index in [-0.39, 0.29) is 24.4 Å². The van der Waals surface area contributed by atoms with Crippen molar-refractivity contribution in [3.05, 3.63) is 29.3 Å². The number of rotatable bonds is 5. The normalized spacial score (nSPS) is 21.9. The Morgan fingerprint density at radius 3 is 2.48 bits per heavy atom. The second-order valence-corrected chi connectivity index (χ2v) is 7.72. The Bertz CT molecular complexity index is 612. The Kier molecular flexibility index (Phi) is 6.85. The molecule has 6 heteroatoms. The summed E-state index contributed by atoms with van der Waals surface area (Å²) in [5.41, 5.74) is 0.584. The Morgan fingerprint density at radius 1 is 1.28 bits per heavy atom. The number of amides is 2. The van der Waals surface area contributed by atoms with Crippen LogP contribution in [-0.4, -0.2) is 54.3 Å². The number of hydrogen-bond donors (Lipinski definition) is 1. The molecule has 0 spiro atoms. The summed E-state index contributed by atoms with van der Waals surface area (Å²) in [5, 5.41) is 3.29. The largest absolute Gasteiger partial charge is 0.341 e. The zero-order valence-electron chi connectivity index (χ0n) is 15.5. The molecule has 0 saturated carbocycles. The first-order valence-electron chi connectivity index (χ1n) is 8.81. The number of carbonyl (C=O) groups is 2. The molecule has 5 nitrogen and oxygen atoms in total. The first-order chi connectivity index (χ1) is 11.8. The van der Waals surface area contributed by atoms with Crippen molar-refractivity contribution < 1.29 is 9.59 Å². The molecule has 1 fully saturated rings. The first kappa shape index (κ1) is 19.7. The molecule has 1 N–H and O–H groups in total. The lowest BCUT2D eigenvalue weighted by Gasteiger charge is -2.38. The summed E-state index contributed by atoms with van der Waals surface area (Å²) in [5.74, 6) is 0.949. The molecule has 1 aromatic rings. The maximum absolute atomic E-state index is 12.8. The summed E-state index contributed by atoms with van der Waals surface area (Å²) in [6.45, 7) is 7.95. The maximum atomic E-state index is 12.8. The van der Waals surface area contributed by atoms with Crippen LogP contribution in [0.4, 0.5) is 5.69 Å². The van der Waals surface area contributed by atoms with Crippen LogP contribution in [0.25, 0.3) is 0 Å². The minimum absolute atomic E-state index is 0.0893. The van der Waals surface area contributed by atoms with Gasteiger partial charge in [-0.05, 0) is 44.4 Å². The average molecular weight is 366 g/mol. The molecule has 0 radical (unpaired) electrons. The SMILES string of the molecule is C[C@H]1C[C@H](C)CN(C(=O)[C@@H](C)N(C)CC(=O)Nc2ccccc2Cl)C1. The second-order valence-electron chi connectivity index (χ2n) is 7.31. The molecule has 0 unspecified atom stereocenters. The summed E-state index contributed by atoms with van der Waals surface area (Å²) in [6.07, 6.45) is 1.16. The molecular weight excluding hydrogens is 338 g/mol. The lowest BCUT2D eigenvalue weighted by Crippen LogP contribution is -2.51. The maximum Gasteiger partial charge on any atom is 0.239 e. The van der Waals surface area contributed by atoms with Crippen LogP contribution < -0.4 is 5.32 Å². The number of piperidine rings is 1. The van der Waals surface area contributed by atoms with Gasteiger partial charge in [-0.3, -0.25) is 14.5 Å². The smallest absolute Gasteiger partial charge is 0.239 e. The predicted octanol–water partition coefficient (Wildman–Crippen LogP) is 3.10. The van der Waals surface area contributed by atoms with E-state index in [4.69, 9.17) is 11.6 Å². The summed E-state index contributed by atoms with van der Waals surface area (Å²) < 4.78 is 0. The van der Waals surface area contributed by atoms with Gasteiger partial charge in [-0.15, -0.1) is 0 Å². The fraction of sp³-hybridized carbons (Fsp3) is 0.579. The number of para-hydroxylation sites is 1. The summed E-state index contributed by atoms with van der Waals surface area (Å²) >= 11 is 6.06. The van der Waals surface area contributed by atoms with E-state index in [0.717, 1.165) is 19.5 Å². The van der Waals surface area contributed by atoms with Gasteiger partial charge in [0.1, 0.15) is 0 Å². The number of benzene rings is 1. The molecule has 2 amide bonds. The van der Waals surface area contributed by atoms with Gasteiger partial charge in [-0.25, -0.2) is 0 Å². The van der Waals surface area contributed by atoms with E-state index in [9.17, 15) is 9.59 Å². The number of likely N-dealkylation sites (tertiary alicyclic amines) is 1. The third-order valence-corrected chi connectivity index (χ3v) is 5.07. The highest BCUT2D eigenvalue weighted by molar-refractivity contribution is 6.33. The van der Waals surface area contributed by atoms with Gasteiger partial charge in [0.25, 0.3) is 0 Å². The topological polar surface area (TPSA) is 52.7 Å². The quantitative estimate of drug-likeness (QED) is 0.872. The first-order valence-corrected chi connectivity index (χ1v) is 9.19. The van der Waals surface area contributed by atoms with E-state index in [1.807, 2.05) is 24.0 Å². The molecule has 1 aliphatic heterocycles. The highest BCUT2D eigenvalue weighted by atomic mass is 35.5. The van der Waals surface area contributed by atoms with Crippen LogP contribution >= 0.6 is 11.6 Å². The highest BCUT2D eigenvalue weighted by Crippen LogP contribution is 2.22. The molecule has 0 aliphatic carbocycles. The Morgan fingerprint density at radius 2 is 1.88 bits per heavy atom. The summed E-state index contributed by atoms with van der Waals surface area (Å²) in [4.78, 5) is 28.7. The van der Waals surface area contributed by atoms with Crippen LogP contribution in [0, 0.1) is 11.8 Å². The number of halogens is 1. The monoisotopic (exact) mass is 365 g/mol. The summed E-state index contributed by atoms with van der Waals surface area (Å²) in [7, 11) is 1.80. The molecular formula is C19H28ClN3O2. The number of likely N-dealkylation sites (N-methyl/N-ethyl adjacent to an activating group) is 1. The van der Waals surface area contributed by atoms with Crippen molar-refractivity contribution in [1.29, 1.82) is 0 Å². The minimum Gasteiger partial charge on any atom is -0.341 e. The van der Waals surface area contributed by atoms with E-state index < -0.39 is 0 Å². The lowest BCUT2D eigenvalue weighted by atomic mass is 9.91. The minimum atomic E-state index is -0.338. The number of nitrogens with one attached hydrogen (secondary N) is 1. The Hall–Kier alpha value is -1.59. The van der Waals surface area contributed by atoms with E-state index in [1.165, 1.54) is 0 Å². The van der Waals surface area contributed by atoms with Gasteiger partial charge in [0.05, 0.1) is 23.3 Å². The van der Waals surface area contributed by atoms with Crippen molar-refractivity contribution in [3.8, 4) is 0 Å². The molecule has 3 atom stereocenters. The van der Waals surface area contributed by atoms with Crippen molar-refractivity contribution in [1.82, 2.24) is 9.80 Å². The van der Waals surface area contributed by atoms with E-state index in [0.29, 0.717) is 22.5 Å². The van der Waals surface area contributed by atoms with Crippen LogP contribution in [0.2, 0.25) is 5.02 Å². The third-order valence-electron chi connectivity index (χ3n) is 4.74. The van der Waals surface area contributed by atoms with Gasteiger partial charge in [0, 0.05) is 13.1 Å². The van der Waals surface area contributed by atoms with Crippen LogP contribution in [0.5, 0.6) is 0 Å². The van der Waals surface area contributed by atoms with Crippen LogP contribution in [-0.2, 0) is 9.59 Å². The Labute approximate surface area is 155 Å². The second kappa shape index (κ2) is 8.68. The summed E-state index contributed by atoms with van der Waals surface area (Å²) in [6, 6.07) is 6.77. The van der Waals surface area contributed by atoms with Crippen molar-refractivity contribution in [2.45, 2.75) is 33.2 Å². The van der Waals surface area contributed by atoms with Crippen LogP contribution in [0.3, 0.4) is 0 Å². The standard InChI is InChI=1S/C19H28ClN3O2/c1-13-9-14(2)11-23(10-13)19(25)15(3)22(4)12-18(24)21-17-8-6-5-7-16(17)20/h5-8,13-15H,9-12H2,1-4H3,(H,21,24)/t13-,14-,15+/m0/s1. The van der Waals surface area contributed by atoms with Crippen molar-refractivity contribution in [2.75, 3.05) is 32.0 Å². The molecule has 2 rings (SSSR count). The van der Waals surface area contributed by atoms with E-state index >= 15 is 0 Å². The van der Waals surface area contributed by atoms with Crippen molar-refractivity contribution in [2.24, 2.45) is 11.8 Å². The highest BCUT2D eigenvalue weighted by Gasteiger charge is 2.30. The molecule has 1 heterocycles. The third kappa shape index (κ3) is 5.44. The number of carbonyl (C=O) groups excluding carboxylic acids is 2. The van der Waals surface area contributed by atoms with Crippen LogP contribution in [0.1, 0.15) is 27.2 Å². The van der Waals surface area contributed by atoms with Crippen molar-refractivity contribution >= 4 is 29.1 Å². The molecule has 0 aromatic heterocycles. The molecule has 138 valence electrons. The lowest BCUT2D eigenvalue weighted by molar-refractivity contribution is -0.139. The van der Waals surface area contributed by atoms with Gasteiger partial charge in [0.15, 0.2) is 0 Å². The van der Waals surface area contributed by atoms with Gasteiger partial charge in [0.2, 0.25) is 11.8 Å². The number of hydrogen-bond acceptors (Lipinski definition) is 3. The van der Waals surface area contributed by atoms with E-state index in [1.54, 1.807) is 24.1 Å². The van der Waals surface area contributed by atoms with Gasteiger partial charge >= 0.3 is 0 Å². The molecule has 25 heavy (non-hydrogen) atoms. The van der Waals surface area contributed by atoms with Gasteiger partial charge in [-0.1, -0.05) is 37.6 Å². The number of nitrogens with zero attached hydrogens (tertiary/aromatic N) is 2. The van der Waals surface area contributed by atoms with E-state index in [2.05, 4.69) is 19.2 Å². The molecule has 0 bridgehead atoms. The zero-order valence-corrected chi connectivity index (χ0v) is 16.2. The molecule has 1 saturated heterocycles. The number of anilines is 1. The van der Waals surface area contributed by atoms with Crippen molar-refractivity contribution in [3.63, 3.8) is 0 Å². The fourth-order valence-electron chi connectivity index (χ4n) is 3.41. The van der Waals surface area contributed by atoms with Gasteiger partial charge in [-0.2, -0.15) is 0 Å². The predicted molar refractivity (Wildman–Crippen MR) is 102 cm³/mol. The van der Waals surface area contributed by atoms with Crippen LogP contribution in [0.15, 0.2) is 24.3 Å². The van der Waals surface area contributed by atoms with Gasteiger partial charge < -0.3 is 10.2 Å². The molecule has 1 aliphatic rings. The fourth-order valence-corrected chi connectivity index (χ4v) is 3.59. The molecule has 1 aromatic carbocycles. The Balaban J connectivity index is 1.90. The zero-order chi connectivity index (χ0) is 18.6.